The van der Waals surface area contributed by atoms with Gasteiger partial charge in [0.05, 0.1) is 9.49 Å². The van der Waals surface area contributed by atoms with Crippen molar-refractivity contribution in [2.45, 2.75) is 60.2 Å². The summed E-state index contributed by atoms with van der Waals surface area (Å²) in [6.45, 7) is 7.47. The number of sulfone groups is 1. The van der Waals surface area contributed by atoms with Crippen LogP contribution < -0.4 is 5.14 Å². The maximum absolute atomic E-state index is 13.1. The molecule has 2 aliphatic heterocycles. The highest BCUT2D eigenvalue weighted by molar-refractivity contribution is 7.95. The quantitative estimate of drug-likeness (QED) is 0.800. The van der Waals surface area contributed by atoms with E-state index in [4.69, 9.17) is 5.14 Å². The van der Waals surface area contributed by atoms with Crippen molar-refractivity contribution in [2.24, 2.45) is 5.14 Å². The second-order valence-electron chi connectivity index (χ2n) is 8.12. The van der Waals surface area contributed by atoms with E-state index in [1.165, 1.54) is 11.3 Å². The summed E-state index contributed by atoms with van der Waals surface area (Å²) in [6, 6.07) is 1.86. The van der Waals surface area contributed by atoms with E-state index < -0.39 is 29.4 Å². The molecule has 1 unspecified atom stereocenters. The van der Waals surface area contributed by atoms with Gasteiger partial charge < -0.3 is 4.90 Å². The van der Waals surface area contributed by atoms with Gasteiger partial charge in [-0.25, -0.2) is 22.0 Å². The second kappa shape index (κ2) is 6.02. The van der Waals surface area contributed by atoms with Gasteiger partial charge >= 0.3 is 0 Å². The van der Waals surface area contributed by atoms with Crippen LogP contribution in [-0.2, 0) is 32.7 Å². The number of sulfonamides is 1. The van der Waals surface area contributed by atoms with Crippen molar-refractivity contribution in [3.8, 4) is 0 Å². The Morgan fingerprint density at radius 3 is 2.44 bits per heavy atom. The summed E-state index contributed by atoms with van der Waals surface area (Å²) in [5.41, 5.74) is 0.826. The highest BCUT2D eigenvalue weighted by atomic mass is 32.2. The largest absolute Gasteiger partial charge is 0.302 e. The van der Waals surface area contributed by atoms with Gasteiger partial charge in [0.1, 0.15) is 4.21 Å². The number of likely N-dealkylation sites (tertiary alicyclic amines) is 1. The normalized spacial score (nSPS) is 26.9. The van der Waals surface area contributed by atoms with Crippen molar-refractivity contribution in [3.63, 3.8) is 0 Å². The van der Waals surface area contributed by atoms with E-state index in [9.17, 15) is 16.8 Å². The van der Waals surface area contributed by atoms with E-state index in [0.717, 1.165) is 36.4 Å². The lowest BCUT2D eigenvalue weighted by atomic mass is 10.0. The van der Waals surface area contributed by atoms with Crippen LogP contribution in [0.15, 0.2) is 10.3 Å². The molecule has 1 aromatic heterocycles. The first-order valence-corrected chi connectivity index (χ1v) is 12.3. The lowest BCUT2D eigenvalue weighted by Crippen LogP contribution is -2.44. The van der Waals surface area contributed by atoms with Crippen LogP contribution in [0.3, 0.4) is 0 Å². The molecular weight excluding hydrogens is 380 g/mol. The Bertz CT molecular complexity index is 880. The van der Waals surface area contributed by atoms with Gasteiger partial charge in [0.2, 0.25) is 10.0 Å². The SMILES string of the molecule is CC(C)(Cc1cc2c(s1)S(=O)(=O)C(C)(CN1CCCC1)C2)S(N)(=O)=O. The highest BCUT2D eigenvalue weighted by Gasteiger charge is 2.50. The number of fused-ring (bicyclic) bond motifs is 1. The van der Waals surface area contributed by atoms with Gasteiger partial charge in [-0.2, -0.15) is 0 Å². The summed E-state index contributed by atoms with van der Waals surface area (Å²) >= 11 is 1.21. The summed E-state index contributed by atoms with van der Waals surface area (Å²) in [5.74, 6) is 0. The lowest BCUT2D eigenvalue weighted by molar-refractivity contribution is 0.299. The fourth-order valence-electron chi connectivity index (χ4n) is 3.70. The van der Waals surface area contributed by atoms with Crippen molar-refractivity contribution >= 4 is 31.2 Å². The minimum Gasteiger partial charge on any atom is -0.302 e. The first-order chi connectivity index (χ1) is 11.4. The first kappa shape index (κ1) is 19.3. The molecule has 6 nitrogen and oxygen atoms in total. The van der Waals surface area contributed by atoms with Crippen LogP contribution in [0.2, 0.25) is 0 Å². The molecule has 9 heteroatoms. The van der Waals surface area contributed by atoms with Crippen LogP contribution in [-0.4, -0.2) is 50.9 Å². The predicted octanol–water partition coefficient (Wildman–Crippen LogP) is 1.54. The molecule has 142 valence electrons. The Balaban J connectivity index is 1.86. The van der Waals surface area contributed by atoms with Gasteiger partial charge in [-0.3, -0.25) is 0 Å². The molecule has 2 aliphatic rings. The molecule has 1 atom stereocenters. The third kappa shape index (κ3) is 3.29. The summed E-state index contributed by atoms with van der Waals surface area (Å²) in [4.78, 5) is 3.00. The summed E-state index contributed by atoms with van der Waals surface area (Å²) in [5, 5.41) is 5.29. The predicted molar refractivity (Wildman–Crippen MR) is 100 cm³/mol. The zero-order valence-electron chi connectivity index (χ0n) is 14.9. The average molecular weight is 407 g/mol. The van der Waals surface area contributed by atoms with Crippen LogP contribution in [0.5, 0.6) is 0 Å². The van der Waals surface area contributed by atoms with E-state index in [1.807, 2.05) is 13.0 Å². The van der Waals surface area contributed by atoms with Crippen molar-refractivity contribution in [3.05, 3.63) is 16.5 Å². The van der Waals surface area contributed by atoms with Crippen molar-refractivity contribution in [1.29, 1.82) is 0 Å². The second-order valence-corrected chi connectivity index (χ2v) is 14.1. The van der Waals surface area contributed by atoms with Gasteiger partial charge in [0, 0.05) is 17.8 Å². The maximum Gasteiger partial charge on any atom is 0.214 e. The highest BCUT2D eigenvalue weighted by Crippen LogP contribution is 2.45. The van der Waals surface area contributed by atoms with Crippen LogP contribution in [0.25, 0.3) is 0 Å². The smallest absolute Gasteiger partial charge is 0.214 e. The number of primary sulfonamides is 1. The zero-order chi connectivity index (χ0) is 18.7. The number of rotatable bonds is 5. The Hall–Kier alpha value is -0.480. The molecule has 1 aromatic rings. The van der Waals surface area contributed by atoms with Crippen LogP contribution in [0, 0.1) is 0 Å². The van der Waals surface area contributed by atoms with E-state index in [2.05, 4.69) is 4.90 Å². The minimum absolute atomic E-state index is 0.224. The van der Waals surface area contributed by atoms with E-state index in [-0.39, 0.29) is 6.42 Å². The van der Waals surface area contributed by atoms with Crippen molar-refractivity contribution in [2.75, 3.05) is 19.6 Å². The molecule has 0 aliphatic carbocycles. The molecule has 1 saturated heterocycles. The van der Waals surface area contributed by atoms with Gasteiger partial charge in [-0.05, 0) is 64.8 Å². The molecule has 0 spiro atoms. The molecule has 0 radical (unpaired) electrons. The third-order valence-corrected chi connectivity index (χ3v) is 11.3. The minimum atomic E-state index is -3.71. The van der Waals surface area contributed by atoms with Crippen molar-refractivity contribution < 1.29 is 16.8 Å². The zero-order valence-corrected chi connectivity index (χ0v) is 17.4. The molecule has 0 saturated carbocycles. The fourth-order valence-corrected chi connectivity index (χ4v) is 8.27. The van der Waals surface area contributed by atoms with E-state index in [0.29, 0.717) is 17.2 Å². The molecule has 3 rings (SSSR count). The summed E-state index contributed by atoms with van der Waals surface area (Å²) in [6.07, 6.45) is 2.98. The molecule has 0 amide bonds. The number of hydrogen-bond acceptors (Lipinski definition) is 6. The number of hydrogen-bond donors (Lipinski definition) is 1. The molecule has 25 heavy (non-hydrogen) atoms. The van der Waals surface area contributed by atoms with Crippen LogP contribution >= 0.6 is 11.3 Å². The summed E-state index contributed by atoms with van der Waals surface area (Å²) < 4.78 is 48.2. The lowest BCUT2D eigenvalue weighted by Gasteiger charge is -2.28. The molecule has 2 N–H and O–H groups in total. The maximum atomic E-state index is 13.1. The van der Waals surface area contributed by atoms with Crippen molar-refractivity contribution in [1.82, 2.24) is 4.90 Å². The fraction of sp³-hybridized carbons (Fsp3) is 0.750. The topological polar surface area (TPSA) is 97.5 Å². The third-order valence-electron chi connectivity index (χ3n) is 5.41. The number of thiophene rings is 1. The molecule has 0 bridgehead atoms. The monoisotopic (exact) mass is 406 g/mol. The van der Waals surface area contributed by atoms with Gasteiger partial charge in [-0.1, -0.05) is 0 Å². The number of nitrogens with two attached hydrogens (primary N) is 1. The standard InChI is InChI=1S/C16H26N2O4S3/c1-15(2,25(17,21)22)10-13-8-12-9-16(3,11-18-6-4-5-7-18)24(19,20)14(12)23-13/h8H,4-7,9-11H2,1-3H3,(H2,17,21,22). The number of nitrogens with zero attached hydrogens (tertiary/aromatic N) is 1. The molecule has 0 aromatic carbocycles. The van der Waals surface area contributed by atoms with Gasteiger partial charge in [-0.15, -0.1) is 11.3 Å². The Morgan fingerprint density at radius 2 is 1.92 bits per heavy atom. The van der Waals surface area contributed by atoms with Crippen LogP contribution in [0.1, 0.15) is 44.1 Å². The molecule has 1 fully saturated rings. The molecule has 3 heterocycles. The first-order valence-electron chi connectivity index (χ1n) is 8.47. The Morgan fingerprint density at radius 1 is 1.32 bits per heavy atom. The average Bonchev–Trinajstić information content (AvgIpc) is 3.09. The van der Waals surface area contributed by atoms with Crippen LogP contribution in [0.4, 0.5) is 0 Å². The van der Waals surface area contributed by atoms with E-state index >= 15 is 0 Å². The Labute approximate surface area is 154 Å². The van der Waals surface area contributed by atoms with Gasteiger partial charge in [0.25, 0.3) is 0 Å². The van der Waals surface area contributed by atoms with E-state index in [1.54, 1.807) is 13.8 Å². The van der Waals surface area contributed by atoms with Gasteiger partial charge in [0.15, 0.2) is 9.84 Å². The summed E-state index contributed by atoms with van der Waals surface area (Å²) in [7, 11) is -7.12. The molecular formula is C16H26N2O4S3. The Kier molecular flexibility index (Phi) is 4.64.